The zero-order valence-corrected chi connectivity index (χ0v) is 15.2. The first-order valence-corrected chi connectivity index (χ1v) is 9.74. The van der Waals surface area contributed by atoms with Crippen LogP contribution in [0.1, 0.15) is 17.0 Å². The Bertz CT molecular complexity index is 775. The minimum Gasteiger partial charge on any atom is -0.479 e. The van der Waals surface area contributed by atoms with Crippen molar-refractivity contribution in [2.24, 2.45) is 0 Å². The fraction of sp³-hybridized carbons (Fsp3) is 0.278. The maximum absolute atomic E-state index is 13.5. The molecule has 0 aliphatic rings. The van der Waals surface area contributed by atoms with E-state index in [-0.39, 0.29) is 5.75 Å². The van der Waals surface area contributed by atoms with Crippen molar-refractivity contribution in [3.8, 4) is 5.75 Å². The monoisotopic (exact) mass is 366 g/mol. The van der Waals surface area contributed by atoms with Gasteiger partial charge in [0.05, 0.1) is 0 Å². The fourth-order valence-electron chi connectivity index (χ4n) is 2.12. The molecule has 0 amide bonds. The number of esters is 1. The molecule has 0 bridgehead atoms. The summed E-state index contributed by atoms with van der Waals surface area (Å²) in [6.45, 7) is 2.80. The number of benzene rings is 2. The van der Waals surface area contributed by atoms with Crippen molar-refractivity contribution in [2.45, 2.75) is 12.8 Å². The van der Waals surface area contributed by atoms with E-state index in [1.807, 2.05) is 19.1 Å². The molecule has 2 rings (SSSR count). The number of aryl methyl sites for hydroxylation is 1. The lowest BCUT2D eigenvalue weighted by atomic mass is 10.2. The first kappa shape index (κ1) is 19.2. The molecule has 0 fully saturated rings. The van der Waals surface area contributed by atoms with Crippen molar-refractivity contribution in [1.82, 2.24) is 0 Å². The molecule has 0 aromatic heterocycles. The zero-order chi connectivity index (χ0) is 18.4. The maximum Gasteiger partial charge on any atom is 0.345 e. The van der Waals surface area contributed by atoms with Crippen molar-refractivity contribution in [2.75, 3.05) is 20.4 Å². The summed E-state index contributed by atoms with van der Waals surface area (Å²) < 4.78 is 41.6. The maximum atomic E-state index is 13.5. The third kappa shape index (κ3) is 5.15. The second-order valence-electron chi connectivity index (χ2n) is 5.56. The highest BCUT2D eigenvalue weighted by Crippen LogP contribution is 2.57. The lowest BCUT2D eigenvalue weighted by Crippen LogP contribution is -2.19. The molecule has 0 radical (unpaired) electrons. The number of carbonyl (C=O) groups excluding carboxylic acids is 1. The molecule has 0 saturated carbocycles. The van der Waals surface area contributed by atoms with Gasteiger partial charge in [0, 0.05) is 19.3 Å². The Balaban J connectivity index is 2.11. The Hall–Kier alpha value is -2.17. The molecular weight excluding hydrogens is 346 g/mol. The molecular formula is C18H20FO5P. The van der Waals surface area contributed by atoms with E-state index in [2.05, 4.69) is 0 Å². The Kier molecular flexibility index (Phi) is 6.34. The summed E-state index contributed by atoms with van der Waals surface area (Å²) >= 11 is 0. The van der Waals surface area contributed by atoms with Crippen molar-refractivity contribution >= 4 is 13.3 Å². The van der Waals surface area contributed by atoms with Gasteiger partial charge in [-0.05, 0) is 19.1 Å². The van der Waals surface area contributed by atoms with Crippen LogP contribution >= 0.6 is 7.37 Å². The van der Waals surface area contributed by atoms with Gasteiger partial charge in [-0.25, -0.2) is 9.18 Å². The molecule has 0 saturated heterocycles. The molecule has 7 heteroatoms. The van der Waals surface area contributed by atoms with Gasteiger partial charge < -0.3 is 14.0 Å². The molecule has 0 spiro atoms. The highest BCUT2D eigenvalue weighted by atomic mass is 31.2. The second kappa shape index (κ2) is 8.28. The Morgan fingerprint density at radius 1 is 1.16 bits per heavy atom. The van der Waals surface area contributed by atoms with Crippen LogP contribution in [0.3, 0.4) is 0 Å². The molecule has 2 atom stereocenters. The molecule has 25 heavy (non-hydrogen) atoms. The number of hydrogen-bond acceptors (Lipinski definition) is 5. The Morgan fingerprint density at radius 2 is 1.80 bits per heavy atom. The molecule has 5 nitrogen and oxygen atoms in total. The number of para-hydroxylation sites is 1. The van der Waals surface area contributed by atoms with Gasteiger partial charge in [0.2, 0.25) is 13.2 Å². The molecule has 0 aliphatic heterocycles. The number of ether oxygens (including phenoxy) is 2. The summed E-state index contributed by atoms with van der Waals surface area (Å²) in [6, 6.07) is 12.8. The predicted octanol–water partition coefficient (Wildman–Crippen LogP) is 4.31. The Morgan fingerprint density at radius 3 is 2.40 bits per heavy atom. The van der Waals surface area contributed by atoms with Gasteiger partial charge in [0.15, 0.2) is 18.2 Å². The van der Waals surface area contributed by atoms with Crippen molar-refractivity contribution in [3.63, 3.8) is 0 Å². The largest absolute Gasteiger partial charge is 0.479 e. The van der Waals surface area contributed by atoms with E-state index >= 15 is 0 Å². The first-order chi connectivity index (χ1) is 11.8. The van der Waals surface area contributed by atoms with Crippen LogP contribution in [-0.2, 0) is 18.6 Å². The topological polar surface area (TPSA) is 61.8 Å². The van der Waals surface area contributed by atoms with Crippen molar-refractivity contribution < 1.29 is 27.7 Å². The standard InChI is InChI=1S/C18H20FO5P/c1-13-8-10-14(11-9-13)18(25(3,21)22-2)24-17(20)12-23-16-7-5-4-6-15(16)19/h4-11,18H,12H2,1-3H3. The predicted molar refractivity (Wildman–Crippen MR) is 92.4 cm³/mol. The average molecular weight is 366 g/mol. The van der Waals surface area contributed by atoms with Gasteiger partial charge in [-0.1, -0.05) is 42.0 Å². The minimum atomic E-state index is -3.25. The van der Waals surface area contributed by atoms with Gasteiger partial charge in [-0.15, -0.1) is 0 Å². The van der Waals surface area contributed by atoms with Crippen LogP contribution in [0.2, 0.25) is 0 Å². The van der Waals surface area contributed by atoms with Gasteiger partial charge in [0.25, 0.3) is 0 Å². The average Bonchev–Trinajstić information content (AvgIpc) is 2.60. The van der Waals surface area contributed by atoms with Crippen LogP contribution in [0.4, 0.5) is 4.39 Å². The van der Waals surface area contributed by atoms with E-state index in [9.17, 15) is 13.8 Å². The van der Waals surface area contributed by atoms with Crippen LogP contribution in [0.5, 0.6) is 5.75 Å². The van der Waals surface area contributed by atoms with Crippen LogP contribution < -0.4 is 4.74 Å². The molecule has 0 heterocycles. The minimum absolute atomic E-state index is 0.0576. The summed E-state index contributed by atoms with van der Waals surface area (Å²) in [5.41, 5.74) is 1.57. The third-order valence-corrected chi connectivity index (χ3v) is 5.56. The molecule has 2 aromatic carbocycles. The normalized spacial score (nSPS) is 14.4. The summed E-state index contributed by atoms with van der Waals surface area (Å²) in [5, 5.41) is 0. The van der Waals surface area contributed by atoms with Gasteiger partial charge in [-0.3, -0.25) is 4.57 Å². The highest BCUT2D eigenvalue weighted by molar-refractivity contribution is 7.58. The van der Waals surface area contributed by atoms with Crippen LogP contribution in [0, 0.1) is 12.7 Å². The van der Waals surface area contributed by atoms with Crippen LogP contribution in [0.25, 0.3) is 0 Å². The lowest BCUT2D eigenvalue weighted by Gasteiger charge is -2.23. The molecule has 134 valence electrons. The molecule has 2 aromatic rings. The van der Waals surface area contributed by atoms with Gasteiger partial charge in [0.1, 0.15) is 0 Å². The fourth-order valence-corrected chi connectivity index (χ4v) is 3.33. The number of hydrogen-bond donors (Lipinski definition) is 0. The second-order valence-corrected chi connectivity index (χ2v) is 8.21. The number of carbonyl (C=O) groups is 1. The van der Waals surface area contributed by atoms with Gasteiger partial charge in [-0.2, -0.15) is 0 Å². The van der Waals surface area contributed by atoms with Crippen LogP contribution in [0.15, 0.2) is 48.5 Å². The van der Waals surface area contributed by atoms with Gasteiger partial charge >= 0.3 is 5.97 Å². The van der Waals surface area contributed by atoms with Crippen molar-refractivity contribution in [3.05, 3.63) is 65.5 Å². The summed E-state index contributed by atoms with van der Waals surface area (Å²) in [4.78, 5) is 12.1. The van der Waals surface area contributed by atoms with Crippen molar-refractivity contribution in [1.29, 1.82) is 0 Å². The molecule has 2 unspecified atom stereocenters. The van der Waals surface area contributed by atoms with Crippen LogP contribution in [-0.4, -0.2) is 26.4 Å². The lowest BCUT2D eigenvalue weighted by molar-refractivity contribution is -0.148. The van der Waals surface area contributed by atoms with E-state index in [0.717, 1.165) is 5.56 Å². The molecule has 0 N–H and O–H groups in total. The number of halogens is 1. The number of rotatable bonds is 7. The van der Waals surface area contributed by atoms with E-state index in [1.165, 1.54) is 32.0 Å². The van der Waals surface area contributed by atoms with E-state index in [0.29, 0.717) is 5.56 Å². The Labute approximate surface area is 146 Å². The quantitative estimate of drug-likeness (QED) is 0.540. The first-order valence-electron chi connectivity index (χ1n) is 7.60. The highest BCUT2D eigenvalue weighted by Gasteiger charge is 2.33. The SMILES string of the molecule is COP(C)(=O)C(OC(=O)COc1ccccc1F)c1ccc(C)cc1. The summed E-state index contributed by atoms with van der Waals surface area (Å²) in [6.07, 6.45) is 0. The summed E-state index contributed by atoms with van der Waals surface area (Å²) in [5.74, 6) is -2.47. The van der Waals surface area contributed by atoms with E-state index < -0.39 is 31.6 Å². The third-order valence-electron chi connectivity index (χ3n) is 3.58. The smallest absolute Gasteiger partial charge is 0.345 e. The summed E-state index contributed by atoms with van der Waals surface area (Å²) in [7, 11) is -1.96. The van der Waals surface area contributed by atoms with E-state index in [1.54, 1.807) is 18.2 Å². The zero-order valence-electron chi connectivity index (χ0n) is 14.3. The van der Waals surface area contributed by atoms with E-state index in [4.69, 9.17) is 14.0 Å². The molecule has 0 aliphatic carbocycles.